The number of hydrogen-bond acceptors (Lipinski definition) is 9. The number of halogens is 1. The summed E-state index contributed by atoms with van der Waals surface area (Å²) in [5.41, 5.74) is 4.13. The standard InChI is InChI=1S/C30H36ClN7O5/c1-3-4-13-26-32-28(31)27(30(39)42-18-9-5-6-10-21(2)20-43-38(40)41)37(26)19-22-14-16-23(17-15-22)24-11-7-8-12-25(24)29-33-35-36-34-29/h7-8,11-12,14-17,21H,3-6,9-10,13,18-20H2,1-2H3,(H,33,34,35,36)/t21-/m0/s1. The first kappa shape index (κ1) is 31.6. The fourth-order valence-corrected chi connectivity index (χ4v) is 5.10. The molecule has 4 rings (SSSR count). The van der Waals surface area contributed by atoms with Gasteiger partial charge in [-0.05, 0) is 52.3 Å². The van der Waals surface area contributed by atoms with Crippen molar-refractivity contribution in [2.24, 2.45) is 5.92 Å². The third-order valence-corrected chi connectivity index (χ3v) is 7.39. The SMILES string of the molecule is CCCCc1nc(Cl)c(C(=O)OCCCCC[C@H](C)CO[N+](=O)[O-])n1Cc1ccc(-c2ccccc2-c2nnn[nH]2)cc1. The van der Waals surface area contributed by atoms with Crippen LogP contribution < -0.4 is 0 Å². The highest BCUT2D eigenvalue weighted by molar-refractivity contribution is 6.32. The predicted molar refractivity (Wildman–Crippen MR) is 161 cm³/mol. The first-order valence-electron chi connectivity index (χ1n) is 14.5. The van der Waals surface area contributed by atoms with E-state index in [1.165, 1.54) is 0 Å². The summed E-state index contributed by atoms with van der Waals surface area (Å²) in [5.74, 6) is 0.918. The van der Waals surface area contributed by atoms with Crippen LogP contribution in [0.3, 0.4) is 0 Å². The van der Waals surface area contributed by atoms with Crippen LogP contribution in [-0.4, -0.2) is 54.4 Å². The van der Waals surface area contributed by atoms with E-state index in [1.807, 2.05) is 60.0 Å². The number of H-pyrrole nitrogens is 1. The Balaban J connectivity index is 1.41. The van der Waals surface area contributed by atoms with E-state index < -0.39 is 11.1 Å². The topological polar surface area (TPSA) is 151 Å². The van der Waals surface area contributed by atoms with Gasteiger partial charge in [0, 0.05) is 18.5 Å². The fraction of sp³-hybridized carbons (Fsp3) is 0.433. The van der Waals surface area contributed by atoms with Crippen LogP contribution in [0.1, 0.15) is 74.2 Å². The minimum atomic E-state index is -0.770. The highest BCUT2D eigenvalue weighted by atomic mass is 35.5. The zero-order chi connectivity index (χ0) is 30.6. The van der Waals surface area contributed by atoms with Crippen LogP contribution in [0.15, 0.2) is 48.5 Å². The third kappa shape index (κ3) is 8.84. The van der Waals surface area contributed by atoms with Crippen molar-refractivity contribution in [1.82, 2.24) is 30.2 Å². The van der Waals surface area contributed by atoms with E-state index in [9.17, 15) is 14.9 Å². The molecule has 0 bridgehead atoms. The minimum absolute atomic E-state index is 0.0806. The average molecular weight is 610 g/mol. The lowest BCUT2D eigenvalue weighted by atomic mass is 9.98. The Morgan fingerprint density at radius 2 is 1.86 bits per heavy atom. The number of aromatic amines is 1. The van der Waals surface area contributed by atoms with Crippen molar-refractivity contribution in [2.45, 2.75) is 65.3 Å². The van der Waals surface area contributed by atoms with Crippen LogP contribution in [0.25, 0.3) is 22.5 Å². The monoisotopic (exact) mass is 609 g/mol. The number of aryl methyl sites for hydroxylation is 1. The smallest absolute Gasteiger partial charge is 0.358 e. The van der Waals surface area contributed by atoms with E-state index in [2.05, 4.69) is 37.4 Å². The first-order chi connectivity index (χ1) is 20.9. The molecule has 0 fully saturated rings. The first-order valence-corrected chi connectivity index (χ1v) is 14.9. The van der Waals surface area contributed by atoms with Gasteiger partial charge in [0.25, 0.3) is 5.09 Å². The van der Waals surface area contributed by atoms with Crippen molar-refractivity contribution in [1.29, 1.82) is 0 Å². The Morgan fingerprint density at radius 1 is 1.09 bits per heavy atom. The van der Waals surface area contributed by atoms with E-state index in [0.717, 1.165) is 60.2 Å². The van der Waals surface area contributed by atoms with Gasteiger partial charge < -0.3 is 14.1 Å². The third-order valence-electron chi connectivity index (χ3n) is 7.12. The van der Waals surface area contributed by atoms with Crippen LogP contribution in [0, 0.1) is 16.0 Å². The van der Waals surface area contributed by atoms with E-state index in [0.29, 0.717) is 25.2 Å². The maximum absolute atomic E-state index is 13.2. The van der Waals surface area contributed by atoms with Crippen molar-refractivity contribution in [2.75, 3.05) is 13.2 Å². The molecule has 4 aromatic rings. The molecule has 0 aliphatic heterocycles. The number of benzene rings is 2. The number of tetrazole rings is 1. The van der Waals surface area contributed by atoms with E-state index >= 15 is 0 Å². The molecule has 0 amide bonds. The Morgan fingerprint density at radius 3 is 2.56 bits per heavy atom. The Kier molecular flexibility index (Phi) is 11.6. The molecule has 0 aliphatic rings. The molecule has 1 N–H and O–H groups in total. The molecular formula is C30H36ClN7O5. The van der Waals surface area contributed by atoms with Gasteiger partial charge in [-0.25, -0.2) is 14.9 Å². The van der Waals surface area contributed by atoms with Crippen molar-refractivity contribution >= 4 is 17.6 Å². The Hall–Kier alpha value is -4.32. The van der Waals surface area contributed by atoms with Gasteiger partial charge in [-0.15, -0.1) is 15.2 Å². The molecule has 0 saturated carbocycles. The second-order valence-electron chi connectivity index (χ2n) is 10.5. The maximum atomic E-state index is 13.2. The number of nitrogens with one attached hydrogen (secondary N) is 1. The van der Waals surface area contributed by atoms with Gasteiger partial charge in [0.05, 0.1) is 13.2 Å². The highest BCUT2D eigenvalue weighted by Gasteiger charge is 2.23. The molecule has 2 aromatic heterocycles. The molecule has 12 nitrogen and oxygen atoms in total. The number of ether oxygens (including phenoxy) is 1. The molecule has 1 atom stereocenters. The van der Waals surface area contributed by atoms with Gasteiger partial charge in [-0.2, -0.15) is 0 Å². The molecule has 0 aliphatic carbocycles. The lowest BCUT2D eigenvalue weighted by Crippen LogP contribution is -2.16. The largest absolute Gasteiger partial charge is 0.461 e. The van der Waals surface area contributed by atoms with Gasteiger partial charge in [0.2, 0.25) is 0 Å². The summed E-state index contributed by atoms with van der Waals surface area (Å²) in [4.78, 5) is 32.5. The van der Waals surface area contributed by atoms with Crippen molar-refractivity contribution in [3.05, 3.63) is 80.9 Å². The number of rotatable bonds is 17. The van der Waals surface area contributed by atoms with Crippen LogP contribution in [0.2, 0.25) is 5.15 Å². The number of carbonyl (C=O) groups excluding carboxylic acids is 1. The molecule has 0 spiro atoms. The summed E-state index contributed by atoms with van der Waals surface area (Å²) in [6, 6.07) is 16.0. The van der Waals surface area contributed by atoms with Gasteiger partial charge in [-0.3, -0.25) is 0 Å². The van der Waals surface area contributed by atoms with E-state index in [-0.39, 0.29) is 30.0 Å². The van der Waals surface area contributed by atoms with Gasteiger partial charge in [-0.1, -0.05) is 93.2 Å². The fourth-order valence-electron chi connectivity index (χ4n) is 4.82. The number of aromatic nitrogens is 6. The second-order valence-corrected chi connectivity index (χ2v) is 10.8. The van der Waals surface area contributed by atoms with Gasteiger partial charge in [0.15, 0.2) is 16.7 Å². The van der Waals surface area contributed by atoms with Crippen LogP contribution in [0.4, 0.5) is 0 Å². The predicted octanol–water partition coefficient (Wildman–Crippen LogP) is 6.34. The van der Waals surface area contributed by atoms with Gasteiger partial charge >= 0.3 is 5.97 Å². The minimum Gasteiger partial charge on any atom is -0.461 e. The number of carbonyl (C=O) groups is 1. The molecule has 0 saturated heterocycles. The average Bonchev–Trinajstić information content (AvgIpc) is 3.65. The summed E-state index contributed by atoms with van der Waals surface area (Å²) in [7, 11) is 0. The van der Waals surface area contributed by atoms with Gasteiger partial charge in [0.1, 0.15) is 5.82 Å². The van der Waals surface area contributed by atoms with E-state index in [1.54, 1.807) is 0 Å². The summed E-state index contributed by atoms with van der Waals surface area (Å²) in [6.45, 7) is 4.76. The van der Waals surface area contributed by atoms with Crippen molar-refractivity contribution in [3.8, 4) is 22.5 Å². The number of unbranched alkanes of at least 4 members (excludes halogenated alkanes) is 3. The highest BCUT2D eigenvalue weighted by Crippen LogP contribution is 2.30. The zero-order valence-electron chi connectivity index (χ0n) is 24.4. The maximum Gasteiger partial charge on any atom is 0.358 e. The lowest BCUT2D eigenvalue weighted by Gasteiger charge is -2.13. The summed E-state index contributed by atoms with van der Waals surface area (Å²) in [6.07, 6.45) is 5.75. The molecule has 228 valence electrons. The van der Waals surface area contributed by atoms with Crippen molar-refractivity contribution < 1.29 is 19.5 Å². The summed E-state index contributed by atoms with van der Waals surface area (Å²) < 4.78 is 7.46. The molecule has 13 heteroatoms. The zero-order valence-corrected chi connectivity index (χ0v) is 25.1. The quantitative estimate of drug-likeness (QED) is 0.0626. The lowest BCUT2D eigenvalue weighted by molar-refractivity contribution is -0.759. The molecular weight excluding hydrogens is 574 g/mol. The summed E-state index contributed by atoms with van der Waals surface area (Å²) in [5, 5.41) is 24.0. The molecule has 0 unspecified atom stereocenters. The number of nitrogens with zero attached hydrogens (tertiary/aromatic N) is 6. The number of imidazole rings is 1. The van der Waals surface area contributed by atoms with E-state index in [4.69, 9.17) is 16.3 Å². The molecule has 43 heavy (non-hydrogen) atoms. The number of esters is 1. The van der Waals surface area contributed by atoms with Crippen LogP contribution in [0.5, 0.6) is 0 Å². The Bertz CT molecular complexity index is 1470. The molecule has 2 heterocycles. The number of hydrogen-bond donors (Lipinski definition) is 1. The Labute approximate surface area is 254 Å². The van der Waals surface area contributed by atoms with Crippen molar-refractivity contribution in [3.63, 3.8) is 0 Å². The normalized spacial score (nSPS) is 11.8. The molecule has 2 aromatic carbocycles. The van der Waals surface area contributed by atoms with Crippen LogP contribution >= 0.6 is 11.6 Å². The van der Waals surface area contributed by atoms with Crippen LogP contribution in [-0.2, 0) is 22.5 Å². The second kappa shape index (κ2) is 15.8. The molecule has 0 radical (unpaired) electrons. The summed E-state index contributed by atoms with van der Waals surface area (Å²) >= 11 is 6.50.